The lowest BCUT2D eigenvalue weighted by atomic mass is 9.95. The molecule has 1 N–H and O–H groups in total. The van der Waals surface area contributed by atoms with Gasteiger partial charge in [-0.15, -0.1) is 0 Å². The predicted molar refractivity (Wildman–Crippen MR) is 73.5 cm³/mol. The number of hydrogen-bond acceptors (Lipinski definition) is 2. The number of aliphatic hydroxyl groups is 1. The maximum Gasteiger partial charge on any atom is 0.127 e. The van der Waals surface area contributed by atoms with E-state index in [1.807, 2.05) is 24.3 Å². The maximum atomic E-state index is 13.2. The highest BCUT2D eigenvalue weighted by atomic mass is 79.9. The van der Waals surface area contributed by atoms with Crippen LogP contribution < -0.4 is 4.74 Å². The molecule has 2 atom stereocenters. The van der Waals surface area contributed by atoms with E-state index < -0.39 is 6.10 Å². The second kappa shape index (κ2) is 4.94. The van der Waals surface area contributed by atoms with E-state index in [1.165, 1.54) is 12.1 Å². The summed E-state index contributed by atoms with van der Waals surface area (Å²) in [7, 11) is 0. The normalized spacial score (nSPS) is 21.6. The summed E-state index contributed by atoms with van der Waals surface area (Å²) < 4.78 is 20.0. The summed E-state index contributed by atoms with van der Waals surface area (Å²) in [4.78, 5) is 0. The molecule has 2 aromatic carbocycles. The van der Waals surface area contributed by atoms with Crippen LogP contribution in [-0.4, -0.2) is 5.11 Å². The van der Waals surface area contributed by atoms with Crippen LogP contribution in [-0.2, 0) is 0 Å². The Labute approximate surface area is 119 Å². The molecule has 3 rings (SSSR count). The predicted octanol–water partition coefficient (Wildman–Crippen LogP) is 4.15. The van der Waals surface area contributed by atoms with E-state index in [-0.39, 0.29) is 11.9 Å². The number of benzene rings is 2. The fourth-order valence-corrected chi connectivity index (χ4v) is 2.75. The molecule has 0 amide bonds. The van der Waals surface area contributed by atoms with Crippen molar-refractivity contribution in [2.75, 3.05) is 0 Å². The highest BCUT2D eigenvalue weighted by Gasteiger charge is 2.28. The molecule has 0 bridgehead atoms. The summed E-state index contributed by atoms with van der Waals surface area (Å²) in [5.41, 5.74) is 1.51. The van der Waals surface area contributed by atoms with Gasteiger partial charge in [0.25, 0.3) is 0 Å². The van der Waals surface area contributed by atoms with Gasteiger partial charge in [-0.1, -0.05) is 28.1 Å². The number of hydrogen-bond donors (Lipinski definition) is 1. The zero-order valence-corrected chi connectivity index (χ0v) is 11.6. The average Bonchev–Trinajstić information content (AvgIpc) is 2.39. The zero-order valence-electron chi connectivity index (χ0n) is 10.0. The van der Waals surface area contributed by atoms with E-state index in [0.29, 0.717) is 17.7 Å². The van der Waals surface area contributed by atoms with Gasteiger partial charge >= 0.3 is 0 Å². The lowest BCUT2D eigenvalue weighted by molar-refractivity contribution is 0.0653. The summed E-state index contributed by atoms with van der Waals surface area (Å²) in [6.45, 7) is 0. The molecule has 1 heterocycles. The van der Waals surface area contributed by atoms with E-state index in [2.05, 4.69) is 15.9 Å². The standard InChI is InChI=1S/C15H12BrFO2/c16-10-3-1-2-9(6-10)15-8-13(18)12-7-11(17)4-5-14(12)19-15/h1-7,13,15,18H,8H2. The van der Waals surface area contributed by atoms with Crippen molar-refractivity contribution in [2.24, 2.45) is 0 Å². The summed E-state index contributed by atoms with van der Waals surface area (Å²) in [5.74, 6) is 0.187. The van der Waals surface area contributed by atoms with Crippen molar-refractivity contribution in [2.45, 2.75) is 18.6 Å². The topological polar surface area (TPSA) is 29.5 Å². The van der Waals surface area contributed by atoms with Crippen LogP contribution in [0.2, 0.25) is 0 Å². The van der Waals surface area contributed by atoms with Crippen LogP contribution in [0.25, 0.3) is 0 Å². The quantitative estimate of drug-likeness (QED) is 0.854. The van der Waals surface area contributed by atoms with Gasteiger partial charge in [-0.05, 0) is 35.9 Å². The Balaban J connectivity index is 1.95. The molecule has 2 aromatic rings. The Morgan fingerprint density at radius 1 is 1.21 bits per heavy atom. The molecule has 0 saturated carbocycles. The fourth-order valence-electron chi connectivity index (χ4n) is 2.33. The molecule has 0 saturated heterocycles. The maximum absolute atomic E-state index is 13.2. The summed E-state index contributed by atoms with van der Waals surface area (Å²) in [6, 6.07) is 12.0. The molecule has 1 aliphatic heterocycles. The molecular weight excluding hydrogens is 311 g/mol. The van der Waals surface area contributed by atoms with Crippen molar-refractivity contribution >= 4 is 15.9 Å². The van der Waals surface area contributed by atoms with E-state index in [4.69, 9.17) is 4.74 Å². The highest BCUT2D eigenvalue weighted by molar-refractivity contribution is 9.10. The minimum atomic E-state index is -0.705. The SMILES string of the molecule is OC1CC(c2cccc(Br)c2)Oc2ccc(F)cc21. The van der Waals surface area contributed by atoms with Gasteiger partial charge in [-0.2, -0.15) is 0 Å². The lowest BCUT2D eigenvalue weighted by Gasteiger charge is -2.30. The Kier molecular flexibility index (Phi) is 3.29. The first-order valence-electron chi connectivity index (χ1n) is 6.03. The van der Waals surface area contributed by atoms with Crippen molar-refractivity contribution in [3.63, 3.8) is 0 Å². The number of ether oxygens (including phenoxy) is 1. The minimum Gasteiger partial charge on any atom is -0.485 e. The molecule has 0 aliphatic carbocycles. The largest absolute Gasteiger partial charge is 0.485 e. The molecular formula is C15H12BrFO2. The van der Waals surface area contributed by atoms with Crippen LogP contribution in [0, 0.1) is 5.82 Å². The first-order valence-corrected chi connectivity index (χ1v) is 6.82. The van der Waals surface area contributed by atoms with Gasteiger partial charge in [0.05, 0.1) is 6.10 Å². The highest BCUT2D eigenvalue weighted by Crippen LogP contribution is 2.41. The molecule has 4 heteroatoms. The molecule has 0 fully saturated rings. The second-order valence-corrected chi connectivity index (χ2v) is 5.51. The van der Waals surface area contributed by atoms with E-state index in [9.17, 15) is 9.50 Å². The number of rotatable bonds is 1. The minimum absolute atomic E-state index is 0.217. The van der Waals surface area contributed by atoms with Crippen molar-refractivity contribution in [1.82, 2.24) is 0 Å². The lowest BCUT2D eigenvalue weighted by Crippen LogP contribution is -2.19. The van der Waals surface area contributed by atoms with Gasteiger partial charge in [0.2, 0.25) is 0 Å². The zero-order chi connectivity index (χ0) is 13.4. The Hall–Kier alpha value is -1.39. The molecule has 0 spiro atoms. The van der Waals surface area contributed by atoms with Crippen LogP contribution >= 0.6 is 15.9 Å². The third kappa shape index (κ3) is 2.51. The fraction of sp³-hybridized carbons (Fsp3) is 0.200. The first kappa shape index (κ1) is 12.6. The van der Waals surface area contributed by atoms with Gasteiger partial charge in [-0.3, -0.25) is 0 Å². The monoisotopic (exact) mass is 322 g/mol. The Morgan fingerprint density at radius 2 is 2.05 bits per heavy atom. The van der Waals surface area contributed by atoms with E-state index >= 15 is 0 Å². The molecule has 0 radical (unpaired) electrons. The van der Waals surface area contributed by atoms with E-state index in [1.54, 1.807) is 6.07 Å². The summed E-state index contributed by atoms with van der Waals surface area (Å²) in [5, 5.41) is 10.1. The van der Waals surface area contributed by atoms with E-state index in [0.717, 1.165) is 10.0 Å². The summed E-state index contributed by atoms with van der Waals surface area (Å²) in [6.07, 6.45) is -0.499. The average molecular weight is 323 g/mol. The van der Waals surface area contributed by atoms with Crippen molar-refractivity contribution < 1.29 is 14.2 Å². The van der Waals surface area contributed by atoms with Crippen LogP contribution in [0.4, 0.5) is 4.39 Å². The van der Waals surface area contributed by atoms with Gasteiger partial charge < -0.3 is 9.84 Å². The molecule has 19 heavy (non-hydrogen) atoms. The first-order chi connectivity index (χ1) is 9.13. The van der Waals surface area contributed by atoms with Crippen LogP contribution in [0.5, 0.6) is 5.75 Å². The van der Waals surface area contributed by atoms with Gasteiger partial charge in [0.15, 0.2) is 0 Å². The van der Waals surface area contributed by atoms with Crippen molar-refractivity contribution in [3.8, 4) is 5.75 Å². The Bertz CT molecular complexity index is 615. The molecule has 2 nitrogen and oxygen atoms in total. The Morgan fingerprint density at radius 3 is 2.84 bits per heavy atom. The van der Waals surface area contributed by atoms with Gasteiger partial charge in [-0.25, -0.2) is 4.39 Å². The number of fused-ring (bicyclic) bond motifs is 1. The van der Waals surface area contributed by atoms with Crippen molar-refractivity contribution in [3.05, 3.63) is 63.9 Å². The molecule has 1 aliphatic rings. The van der Waals surface area contributed by atoms with Crippen LogP contribution in [0.1, 0.15) is 29.8 Å². The molecule has 2 unspecified atom stereocenters. The van der Waals surface area contributed by atoms with Gasteiger partial charge in [0, 0.05) is 16.5 Å². The second-order valence-electron chi connectivity index (χ2n) is 4.60. The van der Waals surface area contributed by atoms with Crippen molar-refractivity contribution in [1.29, 1.82) is 0 Å². The summed E-state index contributed by atoms with van der Waals surface area (Å²) >= 11 is 3.42. The third-order valence-electron chi connectivity index (χ3n) is 3.26. The molecule has 0 aromatic heterocycles. The smallest absolute Gasteiger partial charge is 0.127 e. The van der Waals surface area contributed by atoms with Crippen LogP contribution in [0.15, 0.2) is 46.9 Å². The number of halogens is 2. The van der Waals surface area contributed by atoms with Gasteiger partial charge in [0.1, 0.15) is 17.7 Å². The third-order valence-corrected chi connectivity index (χ3v) is 3.75. The van der Waals surface area contributed by atoms with Crippen LogP contribution in [0.3, 0.4) is 0 Å². The molecule has 98 valence electrons. The number of aliphatic hydroxyl groups excluding tert-OH is 1.